The van der Waals surface area contributed by atoms with E-state index in [-0.39, 0.29) is 5.62 Å². The maximum Gasteiger partial charge on any atom is 0.229 e. The summed E-state index contributed by atoms with van der Waals surface area (Å²) in [6.07, 6.45) is 5.10. The molecular formula is C11H10N6. The Kier molecular flexibility index (Phi) is 2.01. The number of hydrogen-bond acceptors (Lipinski definition) is 4. The lowest BCUT2D eigenvalue weighted by atomic mass is 10.3. The maximum absolute atomic E-state index is 7.84. The molecule has 3 rings (SSSR count). The molecule has 3 aromatic rings. The van der Waals surface area contributed by atoms with Gasteiger partial charge in [0.05, 0.1) is 6.33 Å². The maximum atomic E-state index is 7.84. The molecule has 17 heavy (non-hydrogen) atoms. The first-order valence-corrected chi connectivity index (χ1v) is 5.14. The smallest absolute Gasteiger partial charge is 0.229 e. The van der Waals surface area contributed by atoms with Crippen molar-refractivity contribution in [3.63, 3.8) is 0 Å². The molecule has 0 saturated heterocycles. The number of aromatic amines is 1. The Labute approximate surface area is 96.5 Å². The molecule has 2 N–H and O–H groups in total. The van der Waals surface area contributed by atoms with Gasteiger partial charge >= 0.3 is 0 Å². The minimum absolute atomic E-state index is 0.112. The molecule has 6 heteroatoms. The minimum Gasteiger partial charge on any atom is -0.342 e. The zero-order chi connectivity index (χ0) is 11.8. The fraction of sp³-hybridized carbons (Fsp3) is 0.0909. The first-order valence-electron chi connectivity index (χ1n) is 5.14. The van der Waals surface area contributed by atoms with Gasteiger partial charge in [0.15, 0.2) is 5.65 Å². The number of aromatic nitrogens is 5. The molecule has 3 heterocycles. The molecule has 0 aromatic carbocycles. The van der Waals surface area contributed by atoms with Crippen LogP contribution in [0.1, 0.15) is 5.56 Å². The lowest BCUT2D eigenvalue weighted by molar-refractivity contribution is 0.838. The molecular weight excluding hydrogens is 216 g/mol. The number of fused-ring (bicyclic) bond motifs is 1. The summed E-state index contributed by atoms with van der Waals surface area (Å²) in [4.78, 5) is 15.3. The zero-order valence-electron chi connectivity index (χ0n) is 9.18. The Hall–Kier alpha value is -2.50. The zero-order valence-corrected chi connectivity index (χ0v) is 9.18. The van der Waals surface area contributed by atoms with Crippen molar-refractivity contribution in [1.29, 1.82) is 5.41 Å². The van der Waals surface area contributed by atoms with Gasteiger partial charge in [0.1, 0.15) is 11.3 Å². The standard InChI is InChI=1S/C11H10N6/c1-7-2-3-9(13-4-7)17-5-8-10(15-6-14-8)16-11(17)12/h2-6H,1H3,(H2,12,14,15,16). The molecule has 0 fully saturated rings. The molecule has 0 saturated carbocycles. The average Bonchev–Trinajstić information content (AvgIpc) is 2.76. The van der Waals surface area contributed by atoms with Gasteiger partial charge in [0, 0.05) is 12.4 Å². The van der Waals surface area contributed by atoms with Crippen LogP contribution in [0.15, 0.2) is 30.9 Å². The van der Waals surface area contributed by atoms with E-state index in [1.54, 1.807) is 23.3 Å². The Balaban J connectivity index is 2.25. The predicted molar refractivity (Wildman–Crippen MR) is 61.6 cm³/mol. The Morgan fingerprint density at radius 3 is 2.94 bits per heavy atom. The highest BCUT2D eigenvalue weighted by molar-refractivity contribution is 5.68. The number of H-pyrrole nitrogens is 1. The molecule has 0 radical (unpaired) electrons. The van der Waals surface area contributed by atoms with Gasteiger partial charge in [-0.3, -0.25) is 9.98 Å². The van der Waals surface area contributed by atoms with Crippen LogP contribution in [0, 0.1) is 12.3 Å². The Bertz CT molecular complexity index is 722. The third-order valence-corrected chi connectivity index (χ3v) is 2.49. The average molecular weight is 226 g/mol. The summed E-state index contributed by atoms with van der Waals surface area (Å²) < 4.78 is 1.61. The second kappa shape index (κ2) is 3.51. The van der Waals surface area contributed by atoms with Gasteiger partial charge in [-0.15, -0.1) is 0 Å². The van der Waals surface area contributed by atoms with Gasteiger partial charge in [0.2, 0.25) is 5.62 Å². The predicted octanol–water partition coefficient (Wildman–Crippen LogP) is 0.931. The van der Waals surface area contributed by atoms with E-state index < -0.39 is 0 Å². The summed E-state index contributed by atoms with van der Waals surface area (Å²) in [6, 6.07) is 3.81. The number of nitrogens with zero attached hydrogens (tertiary/aromatic N) is 4. The van der Waals surface area contributed by atoms with Gasteiger partial charge in [-0.05, 0) is 18.6 Å². The first kappa shape index (κ1) is 9.71. The van der Waals surface area contributed by atoms with Crippen LogP contribution in [0.2, 0.25) is 0 Å². The van der Waals surface area contributed by atoms with Crippen molar-refractivity contribution in [3.8, 4) is 5.82 Å². The minimum atomic E-state index is 0.112. The van der Waals surface area contributed by atoms with Crippen molar-refractivity contribution in [2.75, 3.05) is 0 Å². The molecule has 0 unspecified atom stereocenters. The van der Waals surface area contributed by atoms with Gasteiger partial charge in [0.25, 0.3) is 0 Å². The van der Waals surface area contributed by atoms with E-state index in [0.717, 1.165) is 11.1 Å². The Morgan fingerprint density at radius 1 is 1.29 bits per heavy atom. The van der Waals surface area contributed by atoms with Crippen LogP contribution in [0.25, 0.3) is 17.0 Å². The number of rotatable bonds is 1. The highest BCUT2D eigenvalue weighted by atomic mass is 15.1. The molecule has 0 atom stereocenters. The Morgan fingerprint density at radius 2 is 2.18 bits per heavy atom. The van der Waals surface area contributed by atoms with Crippen molar-refractivity contribution < 1.29 is 0 Å². The van der Waals surface area contributed by atoms with E-state index >= 15 is 0 Å². The fourth-order valence-electron chi connectivity index (χ4n) is 1.60. The molecule has 6 nitrogen and oxygen atoms in total. The van der Waals surface area contributed by atoms with Gasteiger partial charge in [-0.25, -0.2) is 9.97 Å². The number of aryl methyl sites for hydroxylation is 1. The SMILES string of the molecule is Cc1ccc(-n2cc3[nH]cnc3nc2=N)nc1. The molecule has 0 amide bonds. The normalized spacial score (nSPS) is 10.9. The van der Waals surface area contributed by atoms with Crippen LogP contribution < -0.4 is 5.62 Å². The van der Waals surface area contributed by atoms with Crippen LogP contribution in [-0.4, -0.2) is 24.5 Å². The van der Waals surface area contributed by atoms with Crippen molar-refractivity contribution in [2.24, 2.45) is 0 Å². The van der Waals surface area contributed by atoms with Crippen LogP contribution in [0.3, 0.4) is 0 Å². The molecule has 0 aliphatic rings. The fourth-order valence-corrected chi connectivity index (χ4v) is 1.60. The van der Waals surface area contributed by atoms with Gasteiger partial charge in [-0.1, -0.05) is 6.07 Å². The van der Waals surface area contributed by atoms with E-state index in [0.29, 0.717) is 11.5 Å². The lowest BCUT2D eigenvalue weighted by Crippen LogP contribution is -2.21. The molecule has 84 valence electrons. The number of hydrogen-bond donors (Lipinski definition) is 2. The van der Waals surface area contributed by atoms with Crippen molar-refractivity contribution >= 4 is 11.2 Å². The first-order chi connectivity index (χ1) is 8.24. The van der Waals surface area contributed by atoms with Crippen molar-refractivity contribution in [3.05, 3.63) is 42.0 Å². The van der Waals surface area contributed by atoms with Crippen molar-refractivity contribution in [1.82, 2.24) is 24.5 Å². The quantitative estimate of drug-likeness (QED) is 0.647. The van der Waals surface area contributed by atoms with E-state index in [1.165, 1.54) is 0 Å². The highest BCUT2D eigenvalue weighted by Gasteiger charge is 2.03. The van der Waals surface area contributed by atoms with E-state index in [9.17, 15) is 0 Å². The second-order valence-corrected chi connectivity index (χ2v) is 3.77. The molecule has 3 aromatic heterocycles. The molecule has 0 bridgehead atoms. The van der Waals surface area contributed by atoms with Crippen LogP contribution in [0.5, 0.6) is 0 Å². The molecule has 0 spiro atoms. The van der Waals surface area contributed by atoms with E-state index in [2.05, 4.69) is 19.9 Å². The summed E-state index contributed by atoms with van der Waals surface area (Å²) in [5.74, 6) is 0.671. The molecule has 0 aliphatic carbocycles. The summed E-state index contributed by atoms with van der Waals surface area (Å²) >= 11 is 0. The largest absolute Gasteiger partial charge is 0.342 e. The van der Waals surface area contributed by atoms with Gasteiger partial charge < -0.3 is 4.98 Å². The van der Waals surface area contributed by atoms with E-state index in [1.807, 2.05) is 19.1 Å². The third-order valence-electron chi connectivity index (χ3n) is 2.49. The summed E-state index contributed by atoms with van der Waals surface area (Å²) in [7, 11) is 0. The van der Waals surface area contributed by atoms with Crippen molar-refractivity contribution in [2.45, 2.75) is 6.92 Å². The topological polar surface area (TPSA) is 83.2 Å². The molecule has 0 aliphatic heterocycles. The summed E-state index contributed by atoms with van der Waals surface area (Å²) in [5.41, 5.74) is 2.51. The third kappa shape index (κ3) is 1.59. The number of imidazole rings is 1. The highest BCUT2D eigenvalue weighted by Crippen LogP contribution is 2.06. The number of pyridine rings is 1. The van der Waals surface area contributed by atoms with E-state index in [4.69, 9.17) is 5.41 Å². The second-order valence-electron chi connectivity index (χ2n) is 3.77. The lowest BCUT2D eigenvalue weighted by Gasteiger charge is -2.04. The van der Waals surface area contributed by atoms with Crippen LogP contribution >= 0.6 is 0 Å². The monoisotopic (exact) mass is 226 g/mol. The summed E-state index contributed by atoms with van der Waals surface area (Å²) in [6.45, 7) is 1.97. The van der Waals surface area contributed by atoms with Crippen LogP contribution in [-0.2, 0) is 0 Å². The van der Waals surface area contributed by atoms with Gasteiger partial charge in [-0.2, -0.15) is 4.98 Å². The number of nitrogens with one attached hydrogen (secondary N) is 2. The summed E-state index contributed by atoms with van der Waals surface area (Å²) in [5, 5.41) is 7.84. The van der Waals surface area contributed by atoms with Crippen LogP contribution in [0.4, 0.5) is 0 Å².